The third-order valence-corrected chi connectivity index (χ3v) is 5.57. The molecule has 5 heteroatoms. The Balaban J connectivity index is 1.68. The van der Waals surface area contributed by atoms with Crippen LogP contribution in [0.2, 0.25) is 0 Å². The van der Waals surface area contributed by atoms with Gasteiger partial charge in [0.2, 0.25) is 5.91 Å². The van der Waals surface area contributed by atoms with E-state index in [0.29, 0.717) is 37.9 Å². The first-order chi connectivity index (χ1) is 12.9. The summed E-state index contributed by atoms with van der Waals surface area (Å²) < 4.78 is 13.8. The number of benzene rings is 2. The SMILES string of the molecule is C[C@@H](Cc1ccccc1F)C(=O)N1CCC(C(=O)O)(c2ccccc2)CC1. The number of likely N-dealkylation sites (tertiary alicyclic amines) is 1. The minimum atomic E-state index is -0.952. The summed E-state index contributed by atoms with van der Waals surface area (Å²) in [5.41, 5.74) is 0.357. The number of carbonyl (C=O) groups is 2. The number of amides is 1. The van der Waals surface area contributed by atoms with Crippen LogP contribution < -0.4 is 0 Å². The van der Waals surface area contributed by atoms with Gasteiger partial charge in [-0.1, -0.05) is 55.5 Å². The molecule has 4 nitrogen and oxygen atoms in total. The maximum Gasteiger partial charge on any atom is 0.314 e. The fourth-order valence-corrected chi connectivity index (χ4v) is 3.88. The van der Waals surface area contributed by atoms with E-state index in [0.717, 1.165) is 5.56 Å². The lowest BCUT2D eigenvalue weighted by Crippen LogP contribution is -2.50. The van der Waals surface area contributed by atoms with Crippen molar-refractivity contribution in [3.8, 4) is 0 Å². The van der Waals surface area contributed by atoms with Crippen molar-refractivity contribution in [2.24, 2.45) is 5.92 Å². The Morgan fingerprint density at radius 2 is 1.67 bits per heavy atom. The molecule has 0 aliphatic carbocycles. The van der Waals surface area contributed by atoms with E-state index in [-0.39, 0.29) is 17.6 Å². The molecule has 0 unspecified atom stereocenters. The highest BCUT2D eigenvalue weighted by Gasteiger charge is 2.44. The summed E-state index contributed by atoms with van der Waals surface area (Å²) in [5.74, 6) is -1.55. The molecule has 1 amide bonds. The lowest BCUT2D eigenvalue weighted by Gasteiger charge is -2.40. The van der Waals surface area contributed by atoms with Gasteiger partial charge in [0.25, 0.3) is 0 Å². The molecule has 2 aromatic rings. The van der Waals surface area contributed by atoms with Crippen LogP contribution in [-0.4, -0.2) is 35.0 Å². The van der Waals surface area contributed by atoms with E-state index < -0.39 is 11.4 Å². The molecule has 1 aliphatic rings. The Labute approximate surface area is 158 Å². The smallest absolute Gasteiger partial charge is 0.314 e. The van der Waals surface area contributed by atoms with Crippen LogP contribution in [-0.2, 0) is 21.4 Å². The number of halogens is 1. The number of carbonyl (C=O) groups excluding carboxylic acids is 1. The third kappa shape index (κ3) is 3.87. The van der Waals surface area contributed by atoms with Crippen LogP contribution in [0.4, 0.5) is 4.39 Å². The highest BCUT2D eigenvalue weighted by atomic mass is 19.1. The molecule has 0 aromatic heterocycles. The zero-order valence-corrected chi connectivity index (χ0v) is 15.4. The largest absolute Gasteiger partial charge is 0.481 e. The number of nitrogens with zero attached hydrogens (tertiary/aromatic N) is 1. The van der Waals surface area contributed by atoms with E-state index in [1.54, 1.807) is 30.0 Å². The van der Waals surface area contributed by atoms with Gasteiger partial charge in [-0.3, -0.25) is 9.59 Å². The minimum absolute atomic E-state index is 0.0506. The topological polar surface area (TPSA) is 57.6 Å². The van der Waals surface area contributed by atoms with Crippen molar-refractivity contribution in [3.05, 3.63) is 71.5 Å². The average Bonchev–Trinajstić information content (AvgIpc) is 2.69. The fourth-order valence-electron chi connectivity index (χ4n) is 3.88. The molecular formula is C22H24FNO3. The zero-order valence-electron chi connectivity index (χ0n) is 15.4. The number of aliphatic carboxylic acids is 1. The van der Waals surface area contributed by atoms with Gasteiger partial charge in [-0.25, -0.2) is 4.39 Å². The summed E-state index contributed by atoms with van der Waals surface area (Å²) in [6.07, 6.45) is 1.10. The summed E-state index contributed by atoms with van der Waals surface area (Å²) >= 11 is 0. The molecule has 0 saturated carbocycles. The maximum atomic E-state index is 13.8. The van der Waals surface area contributed by atoms with Crippen molar-refractivity contribution >= 4 is 11.9 Å². The molecule has 1 heterocycles. The predicted octanol–water partition coefficient (Wildman–Crippen LogP) is 3.65. The van der Waals surface area contributed by atoms with E-state index in [1.807, 2.05) is 30.3 Å². The Hall–Kier alpha value is -2.69. The summed E-state index contributed by atoms with van der Waals surface area (Å²) in [6.45, 7) is 2.58. The molecule has 2 aromatic carbocycles. The van der Waals surface area contributed by atoms with Crippen LogP contribution in [0, 0.1) is 11.7 Å². The highest BCUT2D eigenvalue weighted by molar-refractivity contribution is 5.83. The molecule has 0 spiro atoms. The molecule has 27 heavy (non-hydrogen) atoms. The van der Waals surface area contributed by atoms with Gasteiger partial charge < -0.3 is 10.0 Å². The molecule has 0 bridgehead atoms. The van der Waals surface area contributed by atoms with Crippen LogP contribution in [0.15, 0.2) is 54.6 Å². The fraction of sp³-hybridized carbons (Fsp3) is 0.364. The third-order valence-electron chi connectivity index (χ3n) is 5.57. The van der Waals surface area contributed by atoms with Crippen molar-refractivity contribution < 1.29 is 19.1 Å². The molecule has 1 aliphatic heterocycles. The molecule has 1 saturated heterocycles. The van der Waals surface area contributed by atoms with E-state index in [1.165, 1.54) is 6.07 Å². The molecule has 3 rings (SSSR count). The number of carboxylic acids is 1. The van der Waals surface area contributed by atoms with E-state index in [9.17, 15) is 19.1 Å². The molecule has 0 radical (unpaired) electrons. The molecular weight excluding hydrogens is 345 g/mol. The standard InChI is InChI=1S/C22H24FNO3/c1-16(15-17-7-5-6-10-19(17)23)20(25)24-13-11-22(12-14-24,21(26)27)18-8-3-2-4-9-18/h2-10,16H,11-15H2,1H3,(H,26,27)/t16-/m0/s1. The van der Waals surface area contributed by atoms with Gasteiger partial charge in [0.1, 0.15) is 5.82 Å². The first-order valence-electron chi connectivity index (χ1n) is 9.25. The normalized spacial score (nSPS) is 17.3. The quantitative estimate of drug-likeness (QED) is 0.875. The van der Waals surface area contributed by atoms with Gasteiger partial charge in [0.05, 0.1) is 5.41 Å². The zero-order chi connectivity index (χ0) is 19.4. The molecule has 1 atom stereocenters. The number of hydrogen-bond donors (Lipinski definition) is 1. The van der Waals surface area contributed by atoms with E-state index in [2.05, 4.69) is 0 Å². The summed E-state index contributed by atoms with van der Waals surface area (Å²) in [7, 11) is 0. The summed E-state index contributed by atoms with van der Waals surface area (Å²) in [6, 6.07) is 15.7. The van der Waals surface area contributed by atoms with Gasteiger partial charge in [-0.05, 0) is 36.5 Å². The molecule has 142 valence electrons. The van der Waals surface area contributed by atoms with Crippen molar-refractivity contribution in [1.82, 2.24) is 4.90 Å². The molecule has 1 N–H and O–H groups in total. The second-order valence-corrected chi connectivity index (χ2v) is 7.28. The number of hydrogen-bond acceptors (Lipinski definition) is 2. The van der Waals surface area contributed by atoms with Crippen molar-refractivity contribution in [2.45, 2.75) is 31.6 Å². The van der Waals surface area contributed by atoms with E-state index >= 15 is 0 Å². The van der Waals surface area contributed by atoms with Gasteiger partial charge in [-0.15, -0.1) is 0 Å². The first-order valence-corrected chi connectivity index (χ1v) is 9.25. The van der Waals surface area contributed by atoms with Gasteiger partial charge >= 0.3 is 5.97 Å². The van der Waals surface area contributed by atoms with Crippen LogP contribution >= 0.6 is 0 Å². The van der Waals surface area contributed by atoms with Crippen LogP contribution in [0.3, 0.4) is 0 Å². The second-order valence-electron chi connectivity index (χ2n) is 7.28. The highest BCUT2D eigenvalue weighted by Crippen LogP contribution is 2.36. The predicted molar refractivity (Wildman–Crippen MR) is 101 cm³/mol. The van der Waals surface area contributed by atoms with E-state index in [4.69, 9.17) is 0 Å². The number of rotatable bonds is 5. The number of carboxylic acid groups (broad SMARTS) is 1. The summed E-state index contributed by atoms with van der Waals surface area (Å²) in [5, 5.41) is 9.86. The monoisotopic (exact) mass is 369 g/mol. The van der Waals surface area contributed by atoms with Gasteiger partial charge in [0, 0.05) is 19.0 Å². The lowest BCUT2D eigenvalue weighted by atomic mass is 9.72. The van der Waals surface area contributed by atoms with Crippen molar-refractivity contribution in [3.63, 3.8) is 0 Å². The average molecular weight is 369 g/mol. The Kier molecular flexibility index (Phi) is 5.59. The molecule has 1 fully saturated rings. The lowest BCUT2D eigenvalue weighted by molar-refractivity contribution is -0.149. The van der Waals surface area contributed by atoms with Crippen LogP contribution in [0.25, 0.3) is 0 Å². The second kappa shape index (κ2) is 7.91. The van der Waals surface area contributed by atoms with Crippen LogP contribution in [0.5, 0.6) is 0 Å². The number of piperidine rings is 1. The summed E-state index contributed by atoms with van der Waals surface area (Å²) in [4.78, 5) is 26.5. The first kappa shape index (κ1) is 19.1. The van der Waals surface area contributed by atoms with Crippen molar-refractivity contribution in [1.29, 1.82) is 0 Å². The minimum Gasteiger partial charge on any atom is -0.481 e. The van der Waals surface area contributed by atoms with Gasteiger partial charge in [0.15, 0.2) is 0 Å². The Bertz CT molecular complexity index is 813. The Morgan fingerprint density at radius 1 is 1.07 bits per heavy atom. The maximum absolute atomic E-state index is 13.8. The van der Waals surface area contributed by atoms with Crippen LogP contribution in [0.1, 0.15) is 30.9 Å². The van der Waals surface area contributed by atoms with Gasteiger partial charge in [-0.2, -0.15) is 0 Å². The van der Waals surface area contributed by atoms with Crippen molar-refractivity contribution in [2.75, 3.05) is 13.1 Å². The Morgan fingerprint density at radius 3 is 2.26 bits per heavy atom.